The SMILES string of the molecule is COCc1nsc(N2CCC(CC(=O)N3CCSCC3)CC2)n1. The highest BCUT2D eigenvalue weighted by Gasteiger charge is 2.26. The predicted octanol–water partition coefficient (Wildman–Crippen LogP) is 1.87. The lowest BCUT2D eigenvalue weighted by molar-refractivity contribution is -0.132. The molecule has 3 rings (SSSR count). The number of carbonyl (C=O) groups is 1. The van der Waals surface area contributed by atoms with E-state index in [2.05, 4.69) is 14.3 Å². The Morgan fingerprint density at radius 3 is 2.70 bits per heavy atom. The summed E-state index contributed by atoms with van der Waals surface area (Å²) in [6, 6.07) is 0. The number of ether oxygens (including phenoxy) is 1. The molecule has 23 heavy (non-hydrogen) atoms. The van der Waals surface area contributed by atoms with Crippen LogP contribution in [0.25, 0.3) is 0 Å². The molecule has 128 valence electrons. The van der Waals surface area contributed by atoms with Gasteiger partial charge in [0.05, 0.1) is 0 Å². The van der Waals surface area contributed by atoms with E-state index in [4.69, 9.17) is 4.74 Å². The minimum absolute atomic E-state index is 0.349. The Morgan fingerprint density at radius 1 is 1.26 bits per heavy atom. The number of thioether (sulfide) groups is 1. The molecule has 0 unspecified atom stereocenters. The summed E-state index contributed by atoms with van der Waals surface area (Å²) >= 11 is 3.39. The quantitative estimate of drug-likeness (QED) is 0.803. The molecule has 2 aliphatic rings. The summed E-state index contributed by atoms with van der Waals surface area (Å²) < 4.78 is 9.38. The summed E-state index contributed by atoms with van der Waals surface area (Å²) in [5.74, 6) is 3.80. The summed E-state index contributed by atoms with van der Waals surface area (Å²) in [7, 11) is 1.66. The summed E-state index contributed by atoms with van der Waals surface area (Å²) in [6.45, 7) is 4.26. The van der Waals surface area contributed by atoms with E-state index in [1.807, 2.05) is 16.7 Å². The largest absolute Gasteiger partial charge is 0.377 e. The van der Waals surface area contributed by atoms with Crippen molar-refractivity contribution in [3.8, 4) is 0 Å². The van der Waals surface area contributed by atoms with E-state index in [9.17, 15) is 4.79 Å². The maximum Gasteiger partial charge on any atom is 0.222 e. The van der Waals surface area contributed by atoms with E-state index in [0.29, 0.717) is 24.9 Å². The molecule has 0 aliphatic carbocycles. The van der Waals surface area contributed by atoms with E-state index in [1.165, 1.54) is 11.5 Å². The number of aromatic nitrogens is 2. The minimum Gasteiger partial charge on any atom is -0.377 e. The fourth-order valence-electron chi connectivity index (χ4n) is 3.08. The van der Waals surface area contributed by atoms with Crippen LogP contribution in [0.5, 0.6) is 0 Å². The van der Waals surface area contributed by atoms with Crippen LogP contribution in [0.3, 0.4) is 0 Å². The van der Waals surface area contributed by atoms with E-state index >= 15 is 0 Å². The number of anilines is 1. The maximum absolute atomic E-state index is 12.4. The standard InChI is InChI=1S/C15H24N4O2S2/c1-21-11-13-16-15(23-17-13)19-4-2-12(3-5-19)10-14(20)18-6-8-22-9-7-18/h12H,2-11H2,1H3. The fourth-order valence-corrected chi connectivity index (χ4v) is 4.71. The van der Waals surface area contributed by atoms with E-state index in [-0.39, 0.29) is 0 Å². The number of hydrogen-bond donors (Lipinski definition) is 0. The van der Waals surface area contributed by atoms with Crippen LogP contribution in [0.15, 0.2) is 0 Å². The van der Waals surface area contributed by atoms with Crippen LogP contribution in [0.2, 0.25) is 0 Å². The van der Waals surface area contributed by atoms with Gasteiger partial charge in [-0.2, -0.15) is 16.1 Å². The van der Waals surface area contributed by atoms with Gasteiger partial charge in [-0.25, -0.2) is 4.98 Å². The second kappa shape index (κ2) is 8.30. The van der Waals surface area contributed by atoms with Crippen LogP contribution >= 0.6 is 23.3 Å². The van der Waals surface area contributed by atoms with Crippen molar-refractivity contribution in [3.63, 3.8) is 0 Å². The van der Waals surface area contributed by atoms with E-state index in [1.54, 1.807) is 7.11 Å². The van der Waals surface area contributed by atoms with Gasteiger partial charge in [-0.05, 0) is 18.8 Å². The molecule has 3 heterocycles. The van der Waals surface area contributed by atoms with Gasteiger partial charge in [0.15, 0.2) is 5.82 Å². The first-order valence-electron chi connectivity index (χ1n) is 8.18. The normalized spacial score (nSPS) is 20.0. The third kappa shape index (κ3) is 4.58. The Labute approximate surface area is 145 Å². The lowest BCUT2D eigenvalue weighted by atomic mass is 9.93. The highest BCUT2D eigenvalue weighted by Crippen LogP contribution is 2.27. The van der Waals surface area contributed by atoms with Gasteiger partial charge in [0, 0.05) is 62.7 Å². The topological polar surface area (TPSA) is 58.6 Å². The Kier molecular flexibility index (Phi) is 6.13. The molecule has 8 heteroatoms. The van der Waals surface area contributed by atoms with Gasteiger partial charge in [-0.1, -0.05) is 0 Å². The van der Waals surface area contributed by atoms with Crippen LogP contribution in [0, 0.1) is 5.92 Å². The zero-order valence-corrected chi connectivity index (χ0v) is 15.2. The first-order valence-corrected chi connectivity index (χ1v) is 10.1. The number of methoxy groups -OCH3 is 1. The summed E-state index contributed by atoms with van der Waals surface area (Å²) in [5.41, 5.74) is 0. The van der Waals surface area contributed by atoms with Gasteiger partial charge in [0.2, 0.25) is 11.0 Å². The number of nitrogens with zero attached hydrogens (tertiary/aromatic N) is 4. The molecule has 1 amide bonds. The molecule has 0 radical (unpaired) electrons. The van der Waals surface area contributed by atoms with Crippen LogP contribution < -0.4 is 4.90 Å². The molecule has 2 aliphatic heterocycles. The van der Waals surface area contributed by atoms with Crippen molar-refractivity contribution in [1.82, 2.24) is 14.3 Å². The smallest absolute Gasteiger partial charge is 0.222 e. The molecule has 2 fully saturated rings. The molecule has 0 aromatic carbocycles. The second-order valence-corrected chi connectivity index (χ2v) is 8.01. The van der Waals surface area contributed by atoms with Crippen LogP contribution in [-0.2, 0) is 16.1 Å². The average molecular weight is 357 g/mol. The highest BCUT2D eigenvalue weighted by molar-refractivity contribution is 7.99. The van der Waals surface area contributed by atoms with Gasteiger partial charge in [-0.3, -0.25) is 4.79 Å². The second-order valence-electron chi connectivity index (χ2n) is 6.05. The number of amides is 1. The van der Waals surface area contributed by atoms with Crippen molar-refractivity contribution in [2.45, 2.75) is 25.9 Å². The number of piperidine rings is 1. The number of hydrogen-bond acceptors (Lipinski definition) is 7. The predicted molar refractivity (Wildman–Crippen MR) is 94.1 cm³/mol. The van der Waals surface area contributed by atoms with Crippen molar-refractivity contribution >= 4 is 34.3 Å². The Balaban J connectivity index is 1.45. The number of rotatable bonds is 5. The van der Waals surface area contributed by atoms with E-state index in [0.717, 1.165) is 61.5 Å². The summed E-state index contributed by atoms with van der Waals surface area (Å²) in [6.07, 6.45) is 2.84. The van der Waals surface area contributed by atoms with Crippen LogP contribution in [-0.4, -0.2) is 65.0 Å². The zero-order valence-electron chi connectivity index (χ0n) is 13.6. The Morgan fingerprint density at radius 2 is 2.00 bits per heavy atom. The summed E-state index contributed by atoms with van der Waals surface area (Å²) in [5, 5.41) is 0.981. The fraction of sp³-hybridized carbons (Fsp3) is 0.800. The number of carbonyl (C=O) groups excluding carboxylic acids is 1. The molecule has 6 nitrogen and oxygen atoms in total. The monoisotopic (exact) mass is 356 g/mol. The minimum atomic E-state index is 0.349. The molecule has 0 N–H and O–H groups in total. The van der Waals surface area contributed by atoms with Crippen molar-refractivity contribution in [3.05, 3.63) is 5.82 Å². The van der Waals surface area contributed by atoms with Crippen LogP contribution in [0.4, 0.5) is 5.13 Å². The summed E-state index contributed by atoms with van der Waals surface area (Å²) in [4.78, 5) is 21.2. The maximum atomic E-state index is 12.4. The lowest BCUT2D eigenvalue weighted by Gasteiger charge is -2.33. The van der Waals surface area contributed by atoms with Crippen molar-refractivity contribution in [1.29, 1.82) is 0 Å². The molecule has 1 aromatic rings. The third-order valence-electron chi connectivity index (χ3n) is 4.44. The molecular weight excluding hydrogens is 332 g/mol. The van der Waals surface area contributed by atoms with Crippen LogP contribution in [0.1, 0.15) is 25.1 Å². The van der Waals surface area contributed by atoms with Crippen molar-refractivity contribution < 1.29 is 9.53 Å². The Bertz CT molecular complexity index is 511. The molecule has 2 saturated heterocycles. The lowest BCUT2D eigenvalue weighted by Crippen LogP contribution is -2.40. The third-order valence-corrected chi connectivity index (χ3v) is 6.20. The van der Waals surface area contributed by atoms with Gasteiger partial charge in [0.25, 0.3) is 0 Å². The van der Waals surface area contributed by atoms with E-state index < -0.39 is 0 Å². The molecule has 0 atom stereocenters. The van der Waals surface area contributed by atoms with Gasteiger partial charge >= 0.3 is 0 Å². The molecule has 1 aromatic heterocycles. The molecule has 0 bridgehead atoms. The molecular formula is C15H24N4O2S2. The van der Waals surface area contributed by atoms with Gasteiger partial charge < -0.3 is 14.5 Å². The van der Waals surface area contributed by atoms with Crippen molar-refractivity contribution in [2.24, 2.45) is 5.92 Å². The molecule has 0 spiro atoms. The zero-order chi connectivity index (χ0) is 16.1. The highest BCUT2D eigenvalue weighted by atomic mass is 32.2. The average Bonchev–Trinajstić information content (AvgIpc) is 3.05. The molecule has 0 saturated carbocycles. The van der Waals surface area contributed by atoms with Gasteiger partial charge in [0.1, 0.15) is 6.61 Å². The Hall–Kier alpha value is -0.860. The first kappa shape index (κ1) is 17.0. The first-order chi connectivity index (χ1) is 11.3. The van der Waals surface area contributed by atoms with Crippen molar-refractivity contribution in [2.75, 3.05) is 49.7 Å². The van der Waals surface area contributed by atoms with Gasteiger partial charge in [-0.15, -0.1) is 0 Å².